The number of imide groups is 1. The first-order valence-corrected chi connectivity index (χ1v) is 10.9. The monoisotopic (exact) mass is 418 g/mol. The molecule has 0 unspecified atom stereocenters. The summed E-state index contributed by atoms with van der Waals surface area (Å²) in [5.41, 5.74) is 0.00458. The van der Waals surface area contributed by atoms with Gasteiger partial charge in [0.05, 0.1) is 11.5 Å². The van der Waals surface area contributed by atoms with Crippen LogP contribution in [0.4, 0.5) is 9.80 Å². The summed E-state index contributed by atoms with van der Waals surface area (Å²) in [4.78, 5) is 41.6. The average molecular weight is 419 g/mol. The number of carbonyl (C=O) groups is 3. The van der Waals surface area contributed by atoms with E-state index in [0.29, 0.717) is 6.42 Å². The molecule has 7 nitrogen and oxygen atoms in total. The number of anilines is 1. The summed E-state index contributed by atoms with van der Waals surface area (Å²) in [5, 5.41) is 6.70. The largest absolute Gasteiger partial charge is 0.325 e. The Kier molecular flexibility index (Phi) is 6.43. The van der Waals surface area contributed by atoms with Gasteiger partial charge >= 0.3 is 6.03 Å². The first-order chi connectivity index (χ1) is 13.7. The van der Waals surface area contributed by atoms with Crippen molar-refractivity contribution in [3.05, 3.63) is 29.2 Å². The van der Waals surface area contributed by atoms with E-state index in [1.165, 1.54) is 16.7 Å². The highest BCUT2D eigenvalue weighted by Crippen LogP contribution is 2.37. The van der Waals surface area contributed by atoms with Crippen LogP contribution in [0.1, 0.15) is 44.9 Å². The van der Waals surface area contributed by atoms with Crippen LogP contribution in [0.3, 0.4) is 0 Å². The molecule has 2 saturated heterocycles. The summed E-state index contributed by atoms with van der Waals surface area (Å²) in [6.07, 6.45) is 2.33. The molecule has 0 aliphatic carbocycles. The number of rotatable bonds is 7. The van der Waals surface area contributed by atoms with Gasteiger partial charge in [-0.15, -0.1) is 11.3 Å². The van der Waals surface area contributed by atoms with Gasteiger partial charge in [0.2, 0.25) is 5.91 Å². The Labute approximate surface area is 176 Å². The van der Waals surface area contributed by atoms with E-state index in [1.807, 2.05) is 26.0 Å². The number of piperidine rings is 1. The number of carbonyl (C=O) groups excluding carboxylic acids is 3. The second-order valence-electron chi connectivity index (χ2n) is 8.10. The second kappa shape index (κ2) is 8.67. The highest BCUT2D eigenvalue weighted by Gasteiger charge is 2.54. The maximum Gasteiger partial charge on any atom is 0.325 e. The van der Waals surface area contributed by atoms with Gasteiger partial charge in [0.25, 0.3) is 5.91 Å². The van der Waals surface area contributed by atoms with Gasteiger partial charge in [-0.3, -0.25) is 19.4 Å². The molecule has 0 saturated carbocycles. The van der Waals surface area contributed by atoms with Crippen LogP contribution in [0.25, 0.3) is 0 Å². The van der Waals surface area contributed by atoms with E-state index in [9.17, 15) is 14.4 Å². The van der Waals surface area contributed by atoms with Gasteiger partial charge < -0.3 is 10.6 Å². The zero-order valence-electron chi connectivity index (χ0n) is 17.4. The summed E-state index contributed by atoms with van der Waals surface area (Å²) in [6.45, 7) is 12.0. The fourth-order valence-electron chi connectivity index (χ4n) is 4.37. The molecule has 2 aliphatic heterocycles. The smallest absolute Gasteiger partial charge is 0.323 e. The molecule has 29 heavy (non-hydrogen) atoms. The van der Waals surface area contributed by atoms with Crippen molar-refractivity contribution in [2.24, 2.45) is 5.92 Å². The van der Waals surface area contributed by atoms with E-state index in [1.54, 1.807) is 11.3 Å². The van der Waals surface area contributed by atoms with Crippen LogP contribution in [0, 0.1) is 5.92 Å². The molecule has 0 bridgehead atoms. The third kappa shape index (κ3) is 4.53. The van der Waals surface area contributed by atoms with Crippen LogP contribution in [-0.2, 0) is 16.1 Å². The van der Waals surface area contributed by atoms with Crippen LogP contribution in [0.5, 0.6) is 0 Å². The van der Waals surface area contributed by atoms with Gasteiger partial charge in [-0.25, -0.2) is 4.79 Å². The Balaban J connectivity index is 1.61. The number of nitrogens with zero attached hydrogens (tertiary/aromatic N) is 2. The van der Waals surface area contributed by atoms with E-state index in [4.69, 9.17) is 0 Å². The van der Waals surface area contributed by atoms with E-state index in [-0.39, 0.29) is 30.3 Å². The summed E-state index contributed by atoms with van der Waals surface area (Å²) in [6, 6.07) is 3.68. The minimum absolute atomic E-state index is 0.0620. The maximum absolute atomic E-state index is 13.1. The van der Waals surface area contributed by atoms with Gasteiger partial charge in [0.15, 0.2) is 0 Å². The normalized spacial score (nSPS) is 23.3. The number of urea groups is 1. The molecule has 1 atom stereocenters. The third-order valence-electron chi connectivity index (χ3n) is 5.81. The number of amides is 4. The number of likely N-dealkylation sites (tertiary alicyclic amines) is 1. The lowest BCUT2D eigenvalue weighted by molar-refractivity contribution is -0.134. The van der Waals surface area contributed by atoms with Crippen LogP contribution in [0.15, 0.2) is 24.3 Å². The SMILES string of the molecule is C=C(C)CN1C(=O)N[C@@](CC)(C2CCN(Cc3ccc(NC(C)=O)s3)CC2)C1=O. The predicted octanol–water partition coefficient (Wildman–Crippen LogP) is 3.20. The van der Waals surface area contributed by atoms with Crippen LogP contribution < -0.4 is 10.6 Å². The minimum atomic E-state index is -0.792. The van der Waals surface area contributed by atoms with Crippen LogP contribution in [-0.4, -0.2) is 52.8 Å². The predicted molar refractivity (Wildman–Crippen MR) is 115 cm³/mol. The van der Waals surface area contributed by atoms with Crippen molar-refractivity contribution in [3.63, 3.8) is 0 Å². The Hall–Kier alpha value is -2.19. The molecule has 8 heteroatoms. The summed E-state index contributed by atoms with van der Waals surface area (Å²) in [7, 11) is 0. The Morgan fingerprint density at radius 3 is 2.59 bits per heavy atom. The molecule has 1 aromatic heterocycles. The fourth-order valence-corrected chi connectivity index (χ4v) is 5.37. The Morgan fingerprint density at radius 1 is 1.31 bits per heavy atom. The molecule has 0 spiro atoms. The highest BCUT2D eigenvalue weighted by atomic mass is 32.1. The van der Waals surface area contributed by atoms with Gasteiger partial charge in [-0.05, 0) is 57.3 Å². The highest BCUT2D eigenvalue weighted by molar-refractivity contribution is 7.16. The molecular weight excluding hydrogens is 388 g/mol. The van der Waals surface area contributed by atoms with Crippen LogP contribution in [0.2, 0.25) is 0 Å². The fraction of sp³-hybridized carbons (Fsp3) is 0.571. The molecule has 2 N–H and O–H groups in total. The van der Waals surface area contributed by atoms with Crippen molar-refractivity contribution in [2.45, 2.75) is 52.1 Å². The van der Waals surface area contributed by atoms with E-state index in [2.05, 4.69) is 22.1 Å². The van der Waals surface area contributed by atoms with Crippen LogP contribution >= 0.6 is 11.3 Å². The molecule has 0 radical (unpaired) electrons. The number of thiophene rings is 1. The number of hydrogen-bond donors (Lipinski definition) is 2. The Bertz CT molecular complexity index is 813. The first-order valence-electron chi connectivity index (χ1n) is 10.1. The summed E-state index contributed by atoms with van der Waals surface area (Å²) < 4.78 is 0. The lowest BCUT2D eigenvalue weighted by Crippen LogP contribution is -2.55. The molecule has 3 heterocycles. The van der Waals surface area contributed by atoms with Gasteiger partial charge in [0, 0.05) is 18.3 Å². The van der Waals surface area contributed by atoms with Crippen molar-refractivity contribution < 1.29 is 14.4 Å². The number of nitrogens with one attached hydrogen (secondary N) is 2. The van der Waals surface area contributed by atoms with Gasteiger partial charge in [-0.2, -0.15) is 0 Å². The maximum atomic E-state index is 13.1. The zero-order chi connectivity index (χ0) is 21.2. The van der Waals surface area contributed by atoms with Gasteiger partial charge in [-0.1, -0.05) is 19.1 Å². The van der Waals surface area contributed by atoms with Crippen molar-refractivity contribution in [3.8, 4) is 0 Å². The number of hydrogen-bond acceptors (Lipinski definition) is 5. The van der Waals surface area contributed by atoms with Crippen molar-refractivity contribution >= 4 is 34.2 Å². The van der Waals surface area contributed by atoms with Crippen molar-refractivity contribution in [1.82, 2.24) is 15.1 Å². The third-order valence-corrected chi connectivity index (χ3v) is 6.80. The topological polar surface area (TPSA) is 81.8 Å². The lowest BCUT2D eigenvalue weighted by atomic mass is 9.75. The van der Waals surface area contributed by atoms with E-state index >= 15 is 0 Å². The zero-order valence-corrected chi connectivity index (χ0v) is 18.2. The second-order valence-corrected chi connectivity index (χ2v) is 9.27. The molecular formula is C21H30N4O3S. The molecule has 2 fully saturated rings. The Morgan fingerprint density at radius 2 is 2.00 bits per heavy atom. The first kappa shape index (κ1) is 21.5. The van der Waals surface area contributed by atoms with Crippen molar-refractivity contribution in [1.29, 1.82) is 0 Å². The quantitative estimate of drug-likeness (QED) is 0.526. The van der Waals surface area contributed by atoms with Gasteiger partial charge in [0.1, 0.15) is 5.54 Å². The summed E-state index contributed by atoms with van der Waals surface area (Å²) in [5.74, 6) is -0.0358. The molecule has 1 aromatic rings. The lowest BCUT2D eigenvalue weighted by Gasteiger charge is -2.40. The molecule has 2 aliphatic rings. The molecule has 4 amide bonds. The van der Waals surface area contributed by atoms with Crippen molar-refractivity contribution in [2.75, 3.05) is 25.0 Å². The summed E-state index contributed by atoms with van der Waals surface area (Å²) >= 11 is 1.59. The van der Waals surface area contributed by atoms with E-state index in [0.717, 1.165) is 43.1 Å². The molecule has 158 valence electrons. The minimum Gasteiger partial charge on any atom is -0.323 e. The molecule has 0 aromatic carbocycles. The van der Waals surface area contributed by atoms with E-state index < -0.39 is 5.54 Å². The standard InChI is InChI=1S/C21H30N4O3S/c1-5-21(19(27)25(12-14(2)3)20(28)23-21)16-8-10-24(11-9-16)13-17-6-7-18(29-17)22-15(4)26/h6-7,16H,2,5,8-13H2,1,3-4H3,(H,22,26)(H,23,28)/t21-/m0/s1. The molecule has 3 rings (SSSR count). The average Bonchev–Trinajstić information content (AvgIpc) is 3.19.